The Morgan fingerprint density at radius 2 is 2.00 bits per heavy atom. The van der Waals surface area contributed by atoms with Gasteiger partial charge in [0.2, 0.25) is 0 Å². The highest BCUT2D eigenvalue weighted by Gasteiger charge is 2.16. The minimum absolute atomic E-state index is 0.251. The maximum Gasteiger partial charge on any atom is 0.257 e. The minimum Gasteiger partial charge on any atom is -0.319 e. The van der Waals surface area contributed by atoms with Gasteiger partial charge in [-0.15, -0.1) is 0 Å². The molecule has 1 amide bonds. The number of amides is 1. The Kier molecular flexibility index (Phi) is 3.83. The summed E-state index contributed by atoms with van der Waals surface area (Å²) in [5, 5.41) is 7.66. The van der Waals surface area contributed by atoms with E-state index < -0.39 is 0 Å². The van der Waals surface area contributed by atoms with Crippen molar-refractivity contribution in [3.8, 4) is 0 Å². The van der Waals surface area contributed by atoms with Gasteiger partial charge >= 0.3 is 0 Å². The fraction of sp³-hybridized carbons (Fsp3) is 0.231. The summed E-state index contributed by atoms with van der Waals surface area (Å²) in [5.74, 6) is -0.299. The number of benzene rings is 1. The lowest BCUT2D eigenvalue weighted by atomic mass is 10.2. The van der Waals surface area contributed by atoms with Gasteiger partial charge in [-0.2, -0.15) is 5.10 Å². The topological polar surface area (TPSA) is 46.9 Å². The Morgan fingerprint density at radius 3 is 2.58 bits per heavy atom. The number of hydrogen-bond donors (Lipinski definition) is 1. The molecule has 0 fully saturated rings. The van der Waals surface area contributed by atoms with Crippen molar-refractivity contribution >= 4 is 34.8 Å². The average Bonchev–Trinajstić information content (AvgIpc) is 2.59. The van der Waals surface area contributed by atoms with Crippen LogP contribution in [-0.2, 0) is 7.05 Å². The van der Waals surface area contributed by atoms with Crippen molar-refractivity contribution < 1.29 is 4.79 Å². The Bertz CT molecular complexity index is 650. The lowest BCUT2D eigenvalue weighted by Gasteiger charge is -2.08. The summed E-state index contributed by atoms with van der Waals surface area (Å²) in [5.41, 5.74) is 2.68. The molecule has 0 unspecified atom stereocenters. The number of rotatable bonds is 2. The fourth-order valence-corrected chi connectivity index (χ4v) is 2.20. The number of nitrogens with one attached hydrogen (secondary N) is 1. The summed E-state index contributed by atoms with van der Waals surface area (Å²) >= 11 is 11.9. The van der Waals surface area contributed by atoms with Gasteiger partial charge < -0.3 is 5.32 Å². The molecule has 0 saturated carbocycles. The van der Waals surface area contributed by atoms with Gasteiger partial charge in [-0.25, -0.2) is 0 Å². The van der Waals surface area contributed by atoms with Gasteiger partial charge in [0.05, 0.1) is 32.7 Å². The molecule has 1 N–H and O–H groups in total. The molecule has 1 aromatic heterocycles. The molecule has 0 radical (unpaired) electrons. The Hall–Kier alpha value is -1.52. The lowest BCUT2D eigenvalue weighted by Crippen LogP contribution is -2.13. The van der Waals surface area contributed by atoms with E-state index in [1.807, 2.05) is 20.9 Å². The van der Waals surface area contributed by atoms with Crippen LogP contribution in [-0.4, -0.2) is 15.7 Å². The molecule has 0 aliphatic rings. The second-order valence-corrected chi connectivity index (χ2v) is 5.01. The number of nitrogens with zero attached hydrogens (tertiary/aromatic N) is 2. The van der Waals surface area contributed by atoms with Crippen molar-refractivity contribution in [3.05, 3.63) is 45.2 Å². The van der Waals surface area contributed by atoms with E-state index in [2.05, 4.69) is 10.4 Å². The largest absolute Gasteiger partial charge is 0.319 e. The first kappa shape index (κ1) is 13.9. The molecular weight excluding hydrogens is 285 g/mol. The maximum atomic E-state index is 12.2. The predicted octanol–water partition coefficient (Wildman–Crippen LogP) is 3.60. The summed E-state index contributed by atoms with van der Waals surface area (Å²) in [4.78, 5) is 12.2. The van der Waals surface area contributed by atoms with Crippen LogP contribution >= 0.6 is 23.2 Å². The zero-order valence-electron chi connectivity index (χ0n) is 10.8. The van der Waals surface area contributed by atoms with Crippen LogP contribution in [0.4, 0.5) is 5.69 Å². The monoisotopic (exact) mass is 297 g/mol. The predicted molar refractivity (Wildman–Crippen MR) is 77.1 cm³/mol. The van der Waals surface area contributed by atoms with E-state index in [0.29, 0.717) is 16.3 Å². The maximum absolute atomic E-state index is 12.2. The van der Waals surface area contributed by atoms with Crippen LogP contribution < -0.4 is 5.32 Å². The van der Waals surface area contributed by atoms with Crippen LogP contribution in [0.1, 0.15) is 21.7 Å². The van der Waals surface area contributed by atoms with Crippen LogP contribution in [0.3, 0.4) is 0 Å². The summed E-state index contributed by atoms with van der Waals surface area (Å²) < 4.78 is 1.71. The van der Waals surface area contributed by atoms with Crippen LogP contribution in [0.5, 0.6) is 0 Å². The molecular formula is C13H13Cl2N3O. The van der Waals surface area contributed by atoms with Crippen LogP contribution in [0.25, 0.3) is 0 Å². The normalized spacial score (nSPS) is 10.6. The minimum atomic E-state index is -0.299. The zero-order chi connectivity index (χ0) is 14.2. The van der Waals surface area contributed by atoms with E-state index in [4.69, 9.17) is 23.2 Å². The van der Waals surface area contributed by atoms with E-state index >= 15 is 0 Å². The summed E-state index contributed by atoms with van der Waals surface area (Å²) in [6.45, 7) is 3.72. The first-order valence-electron chi connectivity index (χ1n) is 5.67. The Morgan fingerprint density at radius 1 is 1.32 bits per heavy atom. The molecule has 1 heterocycles. The number of hydrogen-bond acceptors (Lipinski definition) is 2. The van der Waals surface area contributed by atoms with Crippen LogP contribution in [0, 0.1) is 13.8 Å². The van der Waals surface area contributed by atoms with Gasteiger partial charge in [0.1, 0.15) is 0 Å². The number of carbonyl (C=O) groups is 1. The Balaban J connectivity index is 2.34. The second kappa shape index (κ2) is 5.23. The number of aryl methyl sites for hydroxylation is 2. The molecule has 1 aromatic carbocycles. The number of halogens is 2. The molecule has 0 aliphatic carbocycles. The number of aromatic nitrogens is 2. The summed E-state index contributed by atoms with van der Waals surface area (Å²) in [6.07, 6.45) is 0. The molecule has 4 nitrogen and oxygen atoms in total. The average molecular weight is 298 g/mol. The van der Waals surface area contributed by atoms with Crippen LogP contribution in [0.15, 0.2) is 18.2 Å². The summed E-state index contributed by atoms with van der Waals surface area (Å²) in [6, 6.07) is 4.96. The van der Waals surface area contributed by atoms with Crippen molar-refractivity contribution in [3.63, 3.8) is 0 Å². The van der Waals surface area contributed by atoms with E-state index in [-0.39, 0.29) is 10.9 Å². The van der Waals surface area contributed by atoms with Crippen molar-refractivity contribution in [2.24, 2.45) is 7.05 Å². The van der Waals surface area contributed by atoms with Gasteiger partial charge in [0.15, 0.2) is 0 Å². The van der Waals surface area contributed by atoms with Gasteiger partial charge in [-0.05, 0) is 26.0 Å². The van der Waals surface area contributed by atoms with Gasteiger partial charge in [-0.1, -0.05) is 29.3 Å². The van der Waals surface area contributed by atoms with E-state index in [0.717, 1.165) is 11.4 Å². The highest BCUT2D eigenvalue weighted by atomic mass is 35.5. The summed E-state index contributed by atoms with van der Waals surface area (Å²) in [7, 11) is 1.82. The van der Waals surface area contributed by atoms with Gasteiger partial charge in [-0.3, -0.25) is 9.48 Å². The third-order valence-corrected chi connectivity index (χ3v) is 3.76. The fourth-order valence-electron chi connectivity index (χ4n) is 1.81. The molecule has 0 saturated heterocycles. The standard InChI is InChI=1S/C13H13Cl2N3O/c1-7-12(8(2)18(3)17-7)16-13(19)9-5-4-6-10(14)11(9)15/h4-6H,1-3H3,(H,16,19). The highest BCUT2D eigenvalue weighted by molar-refractivity contribution is 6.44. The second-order valence-electron chi connectivity index (χ2n) is 4.22. The lowest BCUT2D eigenvalue weighted by molar-refractivity contribution is 0.102. The smallest absolute Gasteiger partial charge is 0.257 e. The SMILES string of the molecule is Cc1nn(C)c(C)c1NC(=O)c1cccc(Cl)c1Cl. The van der Waals surface area contributed by atoms with Crippen molar-refractivity contribution in [2.75, 3.05) is 5.32 Å². The quantitative estimate of drug-likeness (QED) is 0.921. The molecule has 2 aromatic rings. The van der Waals surface area contributed by atoms with Gasteiger partial charge in [0, 0.05) is 7.05 Å². The molecule has 2 rings (SSSR count). The van der Waals surface area contributed by atoms with Crippen LogP contribution in [0.2, 0.25) is 10.0 Å². The first-order valence-corrected chi connectivity index (χ1v) is 6.43. The number of anilines is 1. The third kappa shape index (κ3) is 2.60. The van der Waals surface area contributed by atoms with E-state index in [9.17, 15) is 4.79 Å². The third-order valence-electron chi connectivity index (χ3n) is 2.94. The van der Waals surface area contributed by atoms with E-state index in [1.165, 1.54) is 0 Å². The van der Waals surface area contributed by atoms with Gasteiger partial charge in [0.25, 0.3) is 5.91 Å². The van der Waals surface area contributed by atoms with Crippen molar-refractivity contribution in [1.82, 2.24) is 9.78 Å². The first-order chi connectivity index (χ1) is 8.91. The zero-order valence-corrected chi connectivity index (χ0v) is 12.3. The molecule has 19 heavy (non-hydrogen) atoms. The molecule has 100 valence electrons. The Labute approximate surface area is 121 Å². The molecule has 0 bridgehead atoms. The highest BCUT2D eigenvalue weighted by Crippen LogP contribution is 2.27. The molecule has 0 aliphatic heterocycles. The number of carbonyl (C=O) groups excluding carboxylic acids is 1. The molecule has 0 atom stereocenters. The molecule has 0 spiro atoms. The van der Waals surface area contributed by atoms with Crippen molar-refractivity contribution in [1.29, 1.82) is 0 Å². The molecule has 6 heteroatoms. The van der Waals surface area contributed by atoms with E-state index in [1.54, 1.807) is 22.9 Å². The van der Waals surface area contributed by atoms with Crippen molar-refractivity contribution in [2.45, 2.75) is 13.8 Å².